The van der Waals surface area contributed by atoms with Crippen molar-refractivity contribution >= 4 is 15.9 Å². The second kappa shape index (κ2) is 3.79. The highest BCUT2D eigenvalue weighted by Gasteiger charge is 2.18. The quantitative estimate of drug-likeness (QED) is 0.837. The van der Waals surface area contributed by atoms with Gasteiger partial charge in [-0.05, 0) is 40.0 Å². The van der Waals surface area contributed by atoms with Crippen LogP contribution in [0, 0.1) is 6.92 Å². The van der Waals surface area contributed by atoms with Gasteiger partial charge in [-0.25, -0.2) is 0 Å². The topological polar surface area (TPSA) is 44.5 Å². The first-order chi connectivity index (χ1) is 6.74. The molecular weight excluding hydrogens is 246 g/mol. The van der Waals surface area contributed by atoms with E-state index in [2.05, 4.69) is 15.9 Å². The number of fused-ring (bicyclic) bond motifs is 1. The average Bonchev–Trinajstić information content (AvgIpc) is 2.18. The molecule has 4 heteroatoms. The van der Waals surface area contributed by atoms with Gasteiger partial charge in [-0.3, -0.25) is 0 Å². The largest absolute Gasteiger partial charge is 0.486 e. The minimum absolute atomic E-state index is 0.503. The molecule has 3 nitrogen and oxygen atoms in total. The van der Waals surface area contributed by atoms with Crippen molar-refractivity contribution in [3.05, 3.63) is 21.7 Å². The van der Waals surface area contributed by atoms with E-state index in [1.54, 1.807) is 0 Å². The summed E-state index contributed by atoms with van der Waals surface area (Å²) in [5.74, 6) is 1.58. The van der Waals surface area contributed by atoms with Crippen LogP contribution in [0.4, 0.5) is 0 Å². The number of rotatable bonds is 1. The first kappa shape index (κ1) is 9.80. The lowest BCUT2D eigenvalue weighted by Gasteiger charge is -2.22. The highest BCUT2D eigenvalue weighted by atomic mass is 79.9. The fourth-order valence-electron chi connectivity index (χ4n) is 1.56. The van der Waals surface area contributed by atoms with E-state index >= 15 is 0 Å². The van der Waals surface area contributed by atoms with Crippen molar-refractivity contribution in [1.82, 2.24) is 0 Å². The van der Waals surface area contributed by atoms with E-state index in [-0.39, 0.29) is 0 Å². The summed E-state index contributed by atoms with van der Waals surface area (Å²) in [7, 11) is 0. The van der Waals surface area contributed by atoms with Gasteiger partial charge in [0.05, 0.1) is 4.47 Å². The fourth-order valence-corrected chi connectivity index (χ4v) is 2.34. The third-order valence-electron chi connectivity index (χ3n) is 2.30. The van der Waals surface area contributed by atoms with Crippen LogP contribution in [-0.4, -0.2) is 13.2 Å². The molecule has 0 aliphatic carbocycles. The number of aryl methyl sites for hydroxylation is 1. The Balaban J connectivity index is 2.57. The summed E-state index contributed by atoms with van der Waals surface area (Å²) in [4.78, 5) is 0. The summed E-state index contributed by atoms with van der Waals surface area (Å²) in [6.07, 6.45) is 0. The minimum atomic E-state index is 0.503. The summed E-state index contributed by atoms with van der Waals surface area (Å²) >= 11 is 3.49. The second-order valence-electron chi connectivity index (χ2n) is 3.21. The number of hydrogen-bond acceptors (Lipinski definition) is 3. The van der Waals surface area contributed by atoms with E-state index in [1.807, 2.05) is 13.0 Å². The van der Waals surface area contributed by atoms with E-state index in [0.29, 0.717) is 19.8 Å². The first-order valence-electron chi connectivity index (χ1n) is 4.51. The smallest absolute Gasteiger partial charge is 0.175 e. The maximum Gasteiger partial charge on any atom is 0.175 e. The third-order valence-corrected chi connectivity index (χ3v) is 3.14. The zero-order chi connectivity index (χ0) is 10.1. The van der Waals surface area contributed by atoms with Crippen LogP contribution in [0.2, 0.25) is 0 Å². The van der Waals surface area contributed by atoms with Crippen LogP contribution in [0.25, 0.3) is 0 Å². The lowest BCUT2D eigenvalue weighted by molar-refractivity contribution is 0.170. The lowest BCUT2D eigenvalue weighted by atomic mass is 10.1. The maximum atomic E-state index is 5.66. The summed E-state index contributed by atoms with van der Waals surface area (Å²) in [6, 6.07) is 1.97. The molecule has 1 aliphatic heterocycles. The van der Waals surface area contributed by atoms with E-state index in [4.69, 9.17) is 15.2 Å². The Bertz CT molecular complexity index is 366. The number of hydrogen-bond donors (Lipinski definition) is 1. The van der Waals surface area contributed by atoms with Crippen molar-refractivity contribution in [3.8, 4) is 11.5 Å². The first-order valence-corrected chi connectivity index (χ1v) is 5.31. The SMILES string of the molecule is Cc1cc2c(c(Br)c1CN)OCCO2. The Hall–Kier alpha value is -0.740. The van der Waals surface area contributed by atoms with Crippen LogP contribution in [0.15, 0.2) is 10.5 Å². The molecule has 0 aromatic heterocycles. The highest BCUT2D eigenvalue weighted by Crippen LogP contribution is 2.41. The third kappa shape index (κ3) is 1.48. The van der Waals surface area contributed by atoms with Gasteiger partial charge in [0.1, 0.15) is 13.2 Å². The van der Waals surface area contributed by atoms with Crippen LogP contribution < -0.4 is 15.2 Å². The standard InChI is InChI=1S/C10H12BrNO2/c1-6-4-8-10(14-3-2-13-8)9(11)7(6)5-12/h4H,2-3,5,12H2,1H3. The van der Waals surface area contributed by atoms with Gasteiger partial charge in [-0.1, -0.05) is 0 Å². The second-order valence-corrected chi connectivity index (χ2v) is 4.01. The predicted octanol–water partition coefficient (Wildman–Crippen LogP) is 1.99. The Morgan fingerprint density at radius 3 is 2.86 bits per heavy atom. The molecule has 0 saturated heterocycles. The van der Waals surface area contributed by atoms with Gasteiger partial charge < -0.3 is 15.2 Å². The molecule has 0 amide bonds. The number of benzene rings is 1. The van der Waals surface area contributed by atoms with Crippen molar-refractivity contribution in [2.24, 2.45) is 5.73 Å². The van der Waals surface area contributed by atoms with Crippen molar-refractivity contribution < 1.29 is 9.47 Å². The molecule has 2 rings (SSSR count). The molecule has 0 unspecified atom stereocenters. The molecule has 0 saturated carbocycles. The molecule has 2 N–H and O–H groups in total. The van der Waals surface area contributed by atoms with E-state index in [1.165, 1.54) is 0 Å². The van der Waals surface area contributed by atoms with Gasteiger partial charge in [0.2, 0.25) is 0 Å². The summed E-state index contributed by atoms with van der Waals surface area (Å²) in [5.41, 5.74) is 7.86. The van der Waals surface area contributed by atoms with Gasteiger partial charge in [0.15, 0.2) is 11.5 Å². The van der Waals surface area contributed by atoms with E-state index in [0.717, 1.165) is 27.1 Å². The van der Waals surface area contributed by atoms with E-state index < -0.39 is 0 Å². The van der Waals surface area contributed by atoms with Gasteiger partial charge in [0.25, 0.3) is 0 Å². The van der Waals surface area contributed by atoms with E-state index in [9.17, 15) is 0 Å². The average molecular weight is 258 g/mol. The zero-order valence-electron chi connectivity index (χ0n) is 7.97. The number of halogens is 1. The van der Waals surface area contributed by atoms with Crippen LogP contribution in [0.1, 0.15) is 11.1 Å². The maximum absolute atomic E-state index is 5.66. The van der Waals surface area contributed by atoms with Crippen molar-refractivity contribution in [3.63, 3.8) is 0 Å². The molecular formula is C10H12BrNO2. The molecule has 0 radical (unpaired) electrons. The molecule has 0 fully saturated rings. The van der Waals surface area contributed by atoms with Crippen molar-refractivity contribution in [2.45, 2.75) is 13.5 Å². The Morgan fingerprint density at radius 2 is 2.14 bits per heavy atom. The number of ether oxygens (including phenoxy) is 2. The molecule has 76 valence electrons. The summed E-state index contributed by atoms with van der Waals surface area (Å²) < 4.78 is 11.9. The summed E-state index contributed by atoms with van der Waals surface area (Å²) in [6.45, 7) is 3.73. The van der Waals surface area contributed by atoms with Crippen LogP contribution >= 0.6 is 15.9 Å². The highest BCUT2D eigenvalue weighted by molar-refractivity contribution is 9.10. The lowest BCUT2D eigenvalue weighted by Crippen LogP contribution is -2.17. The van der Waals surface area contributed by atoms with Crippen LogP contribution in [0.5, 0.6) is 11.5 Å². The molecule has 1 aliphatic rings. The van der Waals surface area contributed by atoms with Gasteiger partial charge in [-0.2, -0.15) is 0 Å². The number of nitrogens with two attached hydrogens (primary N) is 1. The van der Waals surface area contributed by atoms with Gasteiger partial charge >= 0.3 is 0 Å². The monoisotopic (exact) mass is 257 g/mol. The zero-order valence-corrected chi connectivity index (χ0v) is 9.56. The molecule has 0 atom stereocenters. The van der Waals surface area contributed by atoms with Crippen molar-refractivity contribution in [2.75, 3.05) is 13.2 Å². The molecule has 14 heavy (non-hydrogen) atoms. The Morgan fingerprint density at radius 1 is 1.43 bits per heavy atom. The van der Waals surface area contributed by atoms with Crippen molar-refractivity contribution in [1.29, 1.82) is 0 Å². The molecule has 1 aromatic carbocycles. The summed E-state index contributed by atoms with van der Waals surface area (Å²) in [5, 5.41) is 0. The molecule has 0 spiro atoms. The normalized spacial score (nSPS) is 14.2. The van der Waals surface area contributed by atoms with Crippen LogP contribution in [0.3, 0.4) is 0 Å². The van der Waals surface area contributed by atoms with Gasteiger partial charge in [-0.15, -0.1) is 0 Å². The predicted molar refractivity (Wildman–Crippen MR) is 57.8 cm³/mol. The van der Waals surface area contributed by atoms with Crippen LogP contribution in [-0.2, 0) is 6.54 Å². The molecule has 1 heterocycles. The molecule has 0 bridgehead atoms. The fraction of sp³-hybridized carbons (Fsp3) is 0.400. The van der Waals surface area contributed by atoms with Gasteiger partial charge in [0, 0.05) is 6.54 Å². The molecule has 1 aromatic rings. The Kier molecular flexibility index (Phi) is 2.65. The minimum Gasteiger partial charge on any atom is -0.486 e. The Labute approximate surface area is 91.3 Å².